The smallest absolute Gasteiger partial charge is 0.127 e. The fraction of sp³-hybridized carbons (Fsp3) is 0.409. The van der Waals surface area contributed by atoms with Crippen LogP contribution in [0.4, 0.5) is 0 Å². The highest BCUT2D eigenvalue weighted by atomic mass is 16.3. The highest BCUT2D eigenvalue weighted by Gasteiger charge is 2.15. The third-order valence-corrected chi connectivity index (χ3v) is 5.13. The highest BCUT2D eigenvalue weighted by Crippen LogP contribution is 2.28. The lowest BCUT2D eigenvalue weighted by Crippen LogP contribution is -2.18. The Morgan fingerprint density at radius 3 is 2.04 bits per heavy atom. The van der Waals surface area contributed by atoms with Gasteiger partial charge in [-0.25, -0.2) is 0 Å². The van der Waals surface area contributed by atoms with Gasteiger partial charge in [0.05, 0.1) is 12.6 Å². The molecule has 0 heterocycles. The molecule has 0 aromatic heterocycles. The van der Waals surface area contributed by atoms with Gasteiger partial charge in [0.25, 0.3) is 0 Å². The Morgan fingerprint density at radius 1 is 0.920 bits per heavy atom. The monoisotopic (exact) mass is 337 g/mol. The summed E-state index contributed by atoms with van der Waals surface area (Å²) in [7, 11) is 0. The van der Waals surface area contributed by atoms with Crippen LogP contribution in [-0.4, -0.2) is 29.1 Å². The Balaban J connectivity index is 1.97. The molecule has 0 spiro atoms. The molecule has 3 nitrogen and oxygen atoms in total. The van der Waals surface area contributed by atoms with Crippen LogP contribution in [0.15, 0.2) is 41.4 Å². The van der Waals surface area contributed by atoms with Gasteiger partial charge in [-0.2, -0.15) is 0 Å². The fourth-order valence-corrected chi connectivity index (χ4v) is 3.29. The van der Waals surface area contributed by atoms with E-state index < -0.39 is 0 Å². The van der Waals surface area contributed by atoms with E-state index in [1.165, 1.54) is 11.1 Å². The molecule has 1 unspecified atom stereocenters. The lowest BCUT2D eigenvalue weighted by Gasteiger charge is -2.16. The van der Waals surface area contributed by atoms with Crippen LogP contribution in [0.2, 0.25) is 0 Å². The average molecular weight is 337 g/mol. The van der Waals surface area contributed by atoms with Crippen molar-refractivity contribution in [2.45, 2.75) is 45.6 Å². The number of phenolic OH excluding ortho intramolecular Hbond substituents is 1. The van der Waals surface area contributed by atoms with Crippen molar-refractivity contribution < 1.29 is 10.2 Å². The Kier molecular flexibility index (Phi) is 5.54. The van der Waals surface area contributed by atoms with Crippen LogP contribution in [0, 0.1) is 5.92 Å². The zero-order chi connectivity index (χ0) is 17.8. The first-order chi connectivity index (χ1) is 12.1. The van der Waals surface area contributed by atoms with Gasteiger partial charge in [-0.3, -0.25) is 4.99 Å². The molecular weight excluding hydrogens is 310 g/mol. The molecule has 132 valence electrons. The minimum absolute atomic E-state index is 0.0236. The molecule has 2 aromatic carbocycles. The van der Waals surface area contributed by atoms with E-state index in [0.717, 1.165) is 42.4 Å². The van der Waals surface area contributed by atoms with Gasteiger partial charge in [0.2, 0.25) is 0 Å². The van der Waals surface area contributed by atoms with E-state index >= 15 is 0 Å². The maximum Gasteiger partial charge on any atom is 0.127 e. The first kappa shape index (κ1) is 17.7. The molecule has 6 rings (SSSR count). The summed E-state index contributed by atoms with van der Waals surface area (Å²) >= 11 is 0. The zero-order valence-corrected chi connectivity index (χ0v) is 15.1. The molecular formula is C22H27NO2. The topological polar surface area (TPSA) is 52.8 Å². The van der Waals surface area contributed by atoms with Crippen molar-refractivity contribution in [3.05, 3.63) is 64.2 Å². The largest absolute Gasteiger partial charge is 0.507 e. The third kappa shape index (κ3) is 4.10. The van der Waals surface area contributed by atoms with Gasteiger partial charge in [0, 0.05) is 11.8 Å². The van der Waals surface area contributed by atoms with Crippen LogP contribution in [0.5, 0.6) is 5.75 Å². The van der Waals surface area contributed by atoms with E-state index in [0.29, 0.717) is 5.75 Å². The lowest BCUT2D eigenvalue weighted by atomic mass is 9.92. The summed E-state index contributed by atoms with van der Waals surface area (Å²) in [6.45, 7) is 4.12. The number of benzene rings is 2. The van der Waals surface area contributed by atoms with E-state index in [1.807, 2.05) is 19.9 Å². The van der Waals surface area contributed by atoms with Gasteiger partial charge < -0.3 is 10.2 Å². The summed E-state index contributed by atoms with van der Waals surface area (Å²) in [5.74, 6) is 0.607. The minimum atomic E-state index is -0.137. The Bertz CT molecular complexity index is 747. The maximum atomic E-state index is 10.8. The number of hydrogen-bond donors (Lipinski definition) is 2. The number of aromatic hydroxyl groups is 1. The summed E-state index contributed by atoms with van der Waals surface area (Å²) in [5, 5.41) is 20.3. The number of aryl methyl sites for hydroxylation is 4. The number of hydrogen-bond acceptors (Lipinski definition) is 3. The van der Waals surface area contributed by atoms with Gasteiger partial charge >= 0.3 is 0 Å². The summed E-state index contributed by atoms with van der Waals surface area (Å²) in [5.41, 5.74) is 5.48. The number of nitrogens with zero attached hydrogens (tertiary/aromatic N) is 1. The minimum Gasteiger partial charge on any atom is -0.507 e. The molecule has 25 heavy (non-hydrogen) atoms. The first-order valence-electron chi connectivity index (χ1n) is 9.14. The van der Waals surface area contributed by atoms with Crippen LogP contribution < -0.4 is 0 Å². The second kappa shape index (κ2) is 7.83. The number of rotatable bonds is 4. The van der Waals surface area contributed by atoms with Crippen molar-refractivity contribution >= 4 is 6.21 Å². The molecule has 0 fully saturated rings. The summed E-state index contributed by atoms with van der Waals surface area (Å²) in [6, 6.07) is 12.8. The summed E-state index contributed by atoms with van der Waals surface area (Å²) in [4.78, 5) is 4.55. The maximum absolute atomic E-state index is 10.8. The predicted molar refractivity (Wildman–Crippen MR) is 103 cm³/mol. The van der Waals surface area contributed by atoms with Gasteiger partial charge in [-0.05, 0) is 53.9 Å². The number of aliphatic hydroxyl groups is 1. The molecule has 2 N–H and O–H groups in total. The van der Waals surface area contributed by atoms with E-state index in [2.05, 4.69) is 35.3 Å². The first-order valence-corrected chi connectivity index (χ1v) is 9.14. The van der Waals surface area contributed by atoms with Gasteiger partial charge in [-0.1, -0.05) is 50.2 Å². The Morgan fingerprint density at radius 2 is 1.48 bits per heavy atom. The van der Waals surface area contributed by atoms with Gasteiger partial charge in [0.1, 0.15) is 5.75 Å². The van der Waals surface area contributed by atoms with Crippen LogP contribution in [-0.2, 0) is 25.7 Å². The molecule has 4 aliphatic carbocycles. The number of phenols is 1. The standard InChI is InChI=1S/C22H27NO2/c1-15(2)21(14-24)23-13-20-18-9-7-16-3-5-17(6-4-16)8-10-19(12-11-18)22(20)25/h3-6,11-13,15,21,24-25H,7-10,14H2,1-2H3. The number of aliphatic hydroxyl groups excluding tert-OH is 1. The van der Waals surface area contributed by atoms with Crippen LogP contribution in [0.3, 0.4) is 0 Å². The van der Waals surface area contributed by atoms with E-state index in [1.54, 1.807) is 6.21 Å². The van der Waals surface area contributed by atoms with Gasteiger partial charge in [-0.15, -0.1) is 0 Å². The SMILES string of the molecule is CC(C)C(CO)N=Cc1c2ccc(c1O)CCc1ccc(cc1)CC2. The van der Waals surface area contributed by atoms with E-state index in [-0.39, 0.29) is 18.6 Å². The van der Waals surface area contributed by atoms with E-state index in [4.69, 9.17) is 0 Å². The Hall–Kier alpha value is -2.13. The fourth-order valence-electron chi connectivity index (χ4n) is 3.29. The molecule has 0 radical (unpaired) electrons. The van der Waals surface area contributed by atoms with Crippen molar-refractivity contribution in [1.29, 1.82) is 0 Å². The zero-order valence-electron chi connectivity index (χ0n) is 15.1. The molecule has 3 heteroatoms. The predicted octanol–water partition coefficient (Wildman–Crippen LogP) is 3.71. The molecule has 4 bridgehead atoms. The molecule has 4 aliphatic rings. The molecule has 2 aromatic rings. The molecule has 0 aliphatic heterocycles. The van der Waals surface area contributed by atoms with Crippen molar-refractivity contribution in [1.82, 2.24) is 0 Å². The molecule has 0 saturated heterocycles. The quantitative estimate of drug-likeness (QED) is 0.836. The normalized spacial score (nSPS) is 15.5. The third-order valence-electron chi connectivity index (χ3n) is 5.13. The second-order valence-electron chi connectivity index (χ2n) is 7.23. The van der Waals surface area contributed by atoms with Crippen LogP contribution in [0.25, 0.3) is 0 Å². The highest BCUT2D eigenvalue weighted by molar-refractivity contribution is 5.86. The van der Waals surface area contributed by atoms with Crippen LogP contribution >= 0.6 is 0 Å². The molecule has 1 atom stereocenters. The van der Waals surface area contributed by atoms with E-state index in [9.17, 15) is 10.2 Å². The Labute approximate surface area is 150 Å². The molecule has 0 saturated carbocycles. The number of aliphatic imine (C=N–C) groups is 1. The summed E-state index contributed by atoms with van der Waals surface area (Å²) < 4.78 is 0. The average Bonchev–Trinajstić information content (AvgIpc) is 2.60. The van der Waals surface area contributed by atoms with Crippen LogP contribution in [0.1, 0.15) is 41.7 Å². The second-order valence-corrected chi connectivity index (χ2v) is 7.23. The van der Waals surface area contributed by atoms with Crippen molar-refractivity contribution in [3.63, 3.8) is 0 Å². The van der Waals surface area contributed by atoms with Crippen molar-refractivity contribution in [2.24, 2.45) is 10.9 Å². The van der Waals surface area contributed by atoms with Crippen molar-refractivity contribution in [2.75, 3.05) is 6.61 Å². The van der Waals surface area contributed by atoms with Gasteiger partial charge in [0.15, 0.2) is 0 Å². The van der Waals surface area contributed by atoms with Crippen molar-refractivity contribution in [3.8, 4) is 5.75 Å². The lowest BCUT2D eigenvalue weighted by molar-refractivity contribution is 0.240. The summed E-state index contributed by atoms with van der Waals surface area (Å²) in [6.07, 6.45) is 5.28. The molecule has 0 amide bonds.